The summed E-state index contributed by atoms with van der Waals surface area (Å²) in [5, 5.41) is 7.04. The lowest BCUT2D eigenvalue weighted by Crippen LogP contribution is -2.24. The van der Waals surface area contributed by atoms with E-state index in [2.05, 4.69) is 20.6 Å². The molecule has 3 aromatic carbocycles. The highest BCUT2D eigenvalue weighted by Gasteiger charge is 2.13. The van der Waals surface area contributed by atoms with Crippen molar-refractivity contribution in [1.82, 2.24) is 15.3 Å². The molecule has 0 radical (unpaired) electrons. The van der Waals surface area contributed by atoms with Gasteiger partial charge in [-0.2, -0.15) is 0 Å². The number of carbonyl (C=O) groups is 2. The number of ether oxygens (including phenoxy) is 1. The van der Waals surface area contributed by atoms with E-state index in [9.17, 15) is 9.59 Å². The summed E-state index contributed by atoms with van der Waals surface area (Å²) >= 11 is 7.18. The Bertz CT molecular complexity index is 1290. The Kier molecular flexibility index (Phi) is 7.16. The molecule has 4 rings (SSSR count). The predicted octanol–water partition coefficient (Wildman–Crippen LogP) is 4.89. The van der Waals surface area contributed by atoms with E-state index in [-0.39, 0.29) is 17.6 Å². The Balaban J connectivity index is 1.35. The lowest BCUT2D eigenvalue weighted by molar-refractivity contribution is -0.118. The predicted molar refractivity (Wildman–Crippen MR) is 131 cm³/mol. The number of fused-ring (bicyclic) bond motifs is 1. The first-order chi connectivity index (χ1) is 16.0. The minimum absolute atomic E-state index is 0.0971. The number of aromatic nitrogens is 2. The molecule has 0 aliphatic heterocycles. The van der Waals surface area contributed by atoms with Gasteiger partial charge in [0, 0.05) is 17.3 Å². The monoisotopic (exact) mass is 480 g/mol. The third kappa shape index (κ3) is 5.85. The first-order valence-electron chi connectivity index (χ1n) is 10.1. The van der Waals surface area contributed by atoms with Gasteiger partial charge in [-0.15, -0.1) is 0 Å². The van der Waals surface area contributed by atoms with Crippen LogP contribution in [0.15, 0.2) is 71.9 Å². The average Bonchev–Trinajstić information content (AvgIpc) is 3.24. The molecule has 7 nitrogen and oxygen atoms in total. The number of para-hydroxylation sites is 1. The number of benzene rings is 3. The molecule has 33 heavy (non-hydrogen) atoms. The Labute approximate surface area is 199 Å². The number of hydrogen-bond donors (Lipinski definition) is 3. The molecule has 0 spiro atoms. The summed E-state index contributed by atoms with van der Waals surface area (Å²) in [4.78, 5) is 32.5. The zero-order valence-electron chi connectivity index (χ0n) is 17.7. The number of nitrogens with one attached hydrogen (secondary N) is 3. The van der Waals surface area contributed by atoms with E-state index in [4.69, 9.17) is 16.3 Å². The minimum atomic E-state index is -0.265. The molecule has 9 heteroatoms. The summed E-state index contributed by atoms with van der Waals surface area (Å²) in [6, 6.07) is 19.8. The second kappa shape index (κ2) is 10.4. The topological polar surface area (TPSA) is 96.1 Å². The number of imidazole rings is 1. The van der Waals surface area contributed by atoms with Crippen LogP contribution in [-0.4, -0.2) is 34.6 Å². The zero-order chi connectivity index (χ0) is 23.2. The fourth-order valence-electron chi connectivity index (χ4n) is 3.15. The van der Waals surface area contributed by atoms with Gasteiger partial charge in [0.15, 0.2) is 5.16 Å². The van der Waals surface area contributed by atoms with Crippen LogP contribution < -0.4 is 15.4 Å². The molecule has 168 valence electrons. The van der Waals surface area contributed by atoms with Crippen LogP contribution >= 0.6 is 23.4 Å². The van der Waals surface area contributed by atoms with Crippen molar-refractivity contribution in [3.05, 3.63) is 82.9 Å². The minimum Gasteiger partial charge on any atom is -0.496 e. The first kappa shape index (κ1) is 22.7. The van der Waals surface area contributed by atoms with Gasteiger partial charge in [0.1, 0.15) is 5.75 Å². The van der Waals surface area contributed by atoms with Crippen LogP contribution in [0, 0.1) is 0 Å². The maximum Gasteiger partial charge on any atom is 0.259 e. The largest absolute Gasteiger partial charge is 0.496 e. The van der Waals surface area contributed by atoms with E-state index >= 15 is 0 Å². The van der Waals surface area contributed by atoms with Crippen LogP contribution in [0.4, 0.5) is 5.69 Å². The lowest BCUT2D eigenvalue weighted by Gasteiger charge is -2.09. The molecule has 1 aromatic heterocycles. The van der Waals surface area contributed by atoms with Crippen molar-refractivity contribution in [1.29, 1.82) is 0 Å². The Morgan fingerprint density at radius 1 is 1.09 bits per heavy atom. The van der Waals surface area contributed by atoms with E-state index in [0.717, 1.165) is 16.6 Å². The van der Waals surface area contributed by atoms with E-state index in [1.165, 1.54) is 18.9 Å². The van der Waals surface area contributed by atoms with Crippen LogP contribution in [0.5, 0.6) is 5.75 Å². The fraction of sp³-hybridized carbons (Fsp3) is 0.125. The highest BCUT2D eigenvalue weighted by molar-refractivity contribution is 7.99. The molecule has 0 bridgehead atoms. The van der Waals surface area contributed by atoms with Crippen molar-refractivity contribution in [2.24, 2.45) is 0 Å². The average molecular weight is 481 g/mol. The van der Waals surface area contributed by atoms with Gasteiger partial charge in [0.2, 0.25) is 5.91 Å². The molecular weight excluding hydrogens is 460 g/mol. The number of aromatic amines is 1. The molecule has 2 amide bonds. The number of nitrogens with zero attached hydrogens (tertiary/aromatic N) is 1. The van der Waals surface area contributed by atoms with Crippen LogP contribution in [0.3, 0.4) is 0 Å². The number of halogens is 1. The third-order valence-corrected chi connectivity index (χ3v) is 5.94. The molecule has 1 heterocycles. The van der Waals surface area contributed by atoms with E-state index in [0.29, 0.717) is 33.7 Å². The van der Waals surface area contributed by atoms with Crippen LogP contribution in [0.1, 0.15) is 15.9 Å². The van der Waals surface area contributed by atoms with Crippen molar-refractivity contribution in [3.8, 4) is 5.75 Å². The summed E-state index contributed by atoms with van der Waals surface area (Å²) in [5.74, 6) is 0.370. The number of anilines is 1. The summed E-state index contributed by atoms with van der Waals surface area (Å²) in [5.41, 5.74) is 3.56. The normalized spacial score (nSPS) is 10.7. The number of methoxy groups -OCH3 is 1. The standard InChI is InChI=1S/C24H21ClN4O3S/c1-32-21-5-3-2-4-18(21)23(31)27-17-10-11-19-20(12-17)29-24(28-19)33-14-22(30)26-13-15-6-8-16(25)9-7-15/h2-12H,13-14H2,1H3,(H,26,30)(H,27,31)(H,28,29). The quantitative estimate of drug-likeness (QED) is 0.312. The Morgan fingerprint density at radius 2 is 1.88 bits per heavy atom. The number of carbonyl (C=O) groups excluding carboxylic acids is 2. The van der Waals surface area contributed by atoms with Gasteiger partial charge in [-0.05, 0) is 48.0 Å². The van der Waals surface area contributed by atoms with E-state index in [1.54, 1.807) is 42.5 Å². The Hall–Kier alpha value is -3.49. The van der Waals surface area contributed by atoms with Crippen LogP contribution in [-0.2, 0) is 11.3 Å². The molecule has 0 aliphatic rings. The summed E-state index contributed by atoms with van der Waals surface area (Å²) in [6.07, 6.45) is 0. The number of hydrogen-bond acceptors (Lipinski definition) is 5. The van der Waals surface area contributed by atoms with Gasteiger partial charge in [-0.3, -0.25) is 9.59 Å². The lowest BCUT2D eigenvalue weighted by atomic mass is 10.2. The smallest absolute Gasteiger partial charge is 0.259 e. The highest BCUT2D eigenvalue weighted by Crippen LogP contribution is 2.24. The highest BCUT2D eigenvalue weighted by atomic mass is 35.5. The van der Waals surface area contributed by atoms with Crippen molar-refractivity contribution in [3.63, 3.8) is 0 Å². The van der Waals surface area contributed by atoms with Crippen molar-refractivity contribution < 1.29 is 14.3 Å². The summed E-state index contributed by atoms with van der Waals surface area (Å²) in [7, 11) is 1.53. The molecule has 0 saturated heterocycles. The molecule has 0 saturated carbocycles. The molecule has 4 aromatic rings. The van der Waals surface area contributed by atoms with Crippen molar-refractivity contribution >= 4 is 51.9 Å². The molecular formula is C24H21ClN4O3S. The molecule has 0 unspecified atom stereocenters. The molecule has 0 atom stereocenters. The van der Waals surface area contributed by atoms with Gasteiger partial charge >= 0.3 is 0 Å². The van der Waals surface area contributed by atoms with Gasteiger partial charge in [0.25, 0.3) is 5.91 Å². The maximum absolute atomic E-state index is 12.6. The van der Waals surface area contributed by atoms with Crippen molar-refractivity contribution in [2.75, 3.05) is 18.2 Å². The van der Waals surface area contributed by atoms with Gasteiger partial charge in [-0.25, -0.2) is 4.98 Å². The van der Waals surface area contributed by atoms with Crippen LogP contribution in [0.25, 0.3) is 11.0 Å². The number of rotatable bonds is 8. The third-order valence-electron chi connectivity index (χ3n) is 4.81. The molecule has 0 fully saturated rings. The summed E-state index contributed by atoms with van der Waals surface area (Å²) < 4.78 is 5.25. The Morgan fingerprint density at radius 3 is 2.67 bits per heavy atom. The molecule has 3 N–H and O–H groups in total. The number of thioether (sulfide) groups is 1. The second-order valence-electron chi connectivity index (χ2n) is 7.12. The fourth-order valence-corrected chi connectivity index (χ4v) is 3.99. The van der Waals surface area contributed by atoms with Gasteiger partial charge < -0.3 is 20.4 Å². The maximum atomic E-state index is 12.6. The number of amides is 2. The van der Waals surface area contributed by atoms with Crippen molar-refractivity contribution in [2.45, 2.75) is 11.7 Å². The van der Waals surface area contributed by atoms with Crippen LogP contribution in [0.2, 0.25) is 5.02 Å². The van der Waals surface area contributed by atoms with E-state index < -0.39 is 0 Å². The van der Waals surface area contributed by atoms with Gasteiger partial charge in [-0.1, -0.05) is 47.6 Å². The first-order valence-corrected chi connectivity index (χ1v) is 11.5. The van der Waals surface area contributed by atoms with E-state index in [1.807, 2.05) is 24.3 Å². The second-order valence-corrected chi connectivity index (χ2v) is 8.52. The molecule has 0 aliphatic carbocycles. The zero-order valence-corrected chi connectivity index (χ0v) is 19.3. The SMILES string of the molecule is COc1ccccc1C(=O)Nc1ccc2nc(SCC(=O)NCc3ccc(Cl)cc3)[nH]c2c1. The number of H-pyrrole nitrogens is 1. The summed E-state index contributed by atoms with van der Waals surface area (Å²) in [6.45, 7) is 0.436. The van der Waals surface area contributed by atoms with Gasteiger partial charge in [0.05, 0.1) is 29.5 Å².